The summed E-state index contributed by atoms with van der Waals surface area (Å²) in [5.74, 6) is 0.0891. The van der Waals surface area contributed by atoms with E-state index in [4.69, 9.17) is 15.7 Å². The fourth-order valence-corrected chi connectivity index (χ4v) is 0.770. The number of hydrogen-bond acceptors (Lipinski definition) is 3. The normalized spacial score (nSPS) is 14.1. The zero-order valence-electron chi connectivity index (χ0n) is 7.46. The van der Waals surface area contributed by atoms with Crippen molar-refractivity contribution in [3.05, 3.63) is 0 Å². The number of amidine groups is 1. The highest BCUT2D eigenvalue weighted by molar-refractivity contribution is 5.87. The van der Waals surface area contributed by atoms with E-state index in [1.807, 2.05) is 13.8 Å². The van der Waals surface area contributed by atoms with Gasteiger partial charge in [0.2, 0.25) is 0 Å². The van der Waals surface area contributed by atoms with Gasteiger partial charge in [0.15, 0.2) is 5.84 Å². The Labute approximate surface area is 67.0 Å². The molecule has 3 N–H and O–H groups in total. The van der Waals surface area contributed by atoms with Crippen LogP contribution < -0.4 is 5.73 Å². The average molecular weight is 160 g/mol. The first-order valence-electron chi connectivity index (χ1n) is 3.56. The van der Waals surface area contributed by atoms with Gasteiger partial charge >= 0.3 is 0 Å². The third kappa shape index (κ3) is 3.23. The topological polar surface area (TPSA) is 67.8 Å². The fraction of sp³-hybridized carbons (Fsp3) is 0.857. The average Bonchev–Trinajstić information content (AvgIpc) is 1.83. The molecule has 0 radical (unpaired) electrons. The molecule has 0 aliphatic rings. The Kier molecular flexibility index (Phi) is 3.32. The van der Waals surface area contributed by atoms with Gasteiger partial charge < -0.3 is 15.7 Å². The Morgan fingerprint density at radius 1 is 1.55 bits per heavy atom. The monoisotopic (exact) mass is 160 g/mol. The Hall–Kier alpha value is -0.770. The molecule has 0 atom stereocenters. The highest BCUT2D eigenvalue weighted by Crippen LogP contribution is 2.11. The molecule has 0 saturated heterocycles. The Balaban J connectivity index is 4.22. The molecule has 0 aliphatic carbocycles. The molecule has 0 aromatic rings. The minimum Gasteiger partial charge on any atom is -0.409 e. The lowest BCUT2D eigenvalue weighted by atomic mass is 10.1. The Morgan fingerprint density at radius 3 is 2.27 bits per heavy atom. The van der Waals surface area contributed by atoms with Crippen LogP contribution in [0.2, 0.25) is 0 Å². The molecular formula is C7H16N2O2. The molecule has 0 amide bonds. The molecule has 66 valence electrons. The molecule has 4 nitrogen and oxygen atoms in total. The zero-order valence-corrected chi connectivity index (χ0v) is 7.46. The molecule has 0 fully saturated rings. The summed E-state index contributed by atoms with van der Waals surface area (Å²) in [6.45, 7) is 7.29. The first-order chi connectivity index (χ1) is 4.90. The molecule has 0 bridgehead atoms. The summed E-state index contributed by atoms with van der Waals surface area (Å²) in [5.41, 5.74) is 4.68. The number of nitrogens with zero attached hydrogens (tertiary/aromatic N) is 1. The lowest BCUT2D eigenvalue weighted by Crippen LogP contribution is -2.42. The van der Waals surface area contributed by atoms with Crippen molar-refractivity contribution in [2.24, 2.45) is 10.9 Å². The number of hydrogen-bond donors (Lipinski definition) is 2. The molecule has 0 heterocycles. The largest absolute Gasteiger partial charge is 0.409 e. The number of nitrogens with two attached hydrogens (primary N) is 1. The molecule has 0 aromatic heterocycles. The van der Waals surface area contributed by atoms with Crippen molar-refractivity contribution in [2.75, 3.05) is 0 Å². The van der Waals surface area contributed by atoms with Gasteiger partial charge in [0.1, 0.15) is 5.60 Å². The van der Waals surface area contributed by atoms with Crippen LogP contribution in [0.25, 0.3) is 0 Å². The summed E-state index contributed by atoms with van der Waals surface area (Å²) in [6.07, 6.45) is 0.0605. The van der Waals surface area contributed by atoms with Crippen LogP contribution in [0.4, 0.5) is 0 Å². The fourth-order valence-electron chi connectivity index (χ4n) is 0.770. The summed E-state index contributed by atoms with van der Waals surface area (Å²) in [7, 11) is 0. The Morgan fingerprint density at radius 2 is 2.00 bits per heavy atom. The highest BCUT2D eigenvalue weighted by atomic mass is 16.5. The predicted molar refractivity (Wildman–Crippen MR) is 43.7 cm³/mol. The standard InChI is InChI=1S/C7H16N2O2/c1-5(2)11-7(3,4)6(8)9-10/h5,10H,1-4H3,(H2,8,9). The Bertz CT molecular complexity index is 153. The lowest BCUT2D eigenvalue weighted by molar-refractivity contribution is -0.0117. The maximum atomic E-state index is 8.37. The van der Waals surface area contributed by atoms with Crippen molar-refractivity contribution in [3.8, 4) is 0 Å². The van der Waals surface area contributed by atoms with E-state index in [2.05, 4.69) is 5.16 Å². The molecular weight excluding hydrogens is 144 g/mol. The summed E-state index contributed by atoms with van der Waals surface area (Å²) in [5, 5.41) is 11.2. The van der Waals surface area contributed by atoms with E-state index >= 15 is 0 Å². The van der Waals surface area contributed by atoms with Crippen molar-refractivity contribution in [3.63, 3.8) is 0 Å². The van der Waals surface area contributed by atoms with E-state index in [1.165, 1.54) is 0 Å². The second-order valence-electron chi connectivity index (χ2n) is 3.16. The number of rotatable bonds is 3. The summed E-state index contributed by atoms with van der Waals surface area (Å²) >= 11 is 0. The van der Waals surface area contributed by atoms with E-state index in [0.29, 0.717) is 0 Å². The van der Waals surface area contributed by atoms with Crippen LogP contribution in [-0.2, 0) is 4.74 Å². The van der Waals surface area contributed by atoms with Gasteiger partial charge in [-0.15, -0.1) is 0 Å². The minimum absolute atomic E-state index is 0.0605. The molecule has 0 unspecified atom stereocenters. The third-order valence-corrected chi connectivity index (χ3v) is 1.25. The molecule has 0 aromatic carbocycles. The van der Waals surface area contributed by atoms with Crippen LogP contribution in [0.3, 0.4) is 0 Å². The molecule has 0 rings (SSSR count). The SMILES string of the molecule is CC(C)OC(C)(C)/C(N)=N/O. The van der Waals surface area contributed by atoms with Crippen LogP contribution in [-0.4, -0.2) is 22.7 Å². The van der Waals surface area contributed by atoms with Crippen molar-refractivity contribution >= 4 is 5.84 Å². The lowest BCUT2D eigenvalue weighted by Gasteiger charge is -2.25. The van der Waals surface area contributed by atoms with E-state index in [-0.39, 0.29) is 11.9 Å². The summed E-state index contributed by atoms with van der Waals surface area (Å²) < 4.78 is 5.37. The zero-order chi connectivity index (χ0) is 9.07. The highest BCUT2D eigenvalue weighted by Gasteiger charge is 2.25. The van der Waals surface area contributed by atoms with Crippen molar-refractivity contribution < 1.29 is 9.94 Å². The second kappa shape index (κ2) is 3.57. The summed E-state index contributed by atoms with van der Waals surface area (Å²) in [6, 6.07) is 0. The van der Waals surface area contributed by atoms with Crippen LogP contribution in [0.1, 0.15) is 27.7 Å². The van der Waals surface area contributed by atoms with Crippen LogP contribution in [0.15, 0.2) is 5.16 Å². The van der Waals surface area contributed by atoms with Crippen LogP contribution >= 0.6 is 0 Å². The van der Waals surface area contributed by atoms with E-state index < -0.39 is 5.60 Å². The molecule has 0 spiro atoms. The van der Waals surface area contributed by atoms with Gasteiger partial charge in [-0.05, 0) is 27.7 Å². The number of oxime groups is 1. The molecule has 4 heteroatoms. The van der Waals surface area contributed by atoms with Gasteiger partial charge in [0.05, 0.1) is 6.10 Å². The van der Waals surface area contributed by atoms with Crippen LogP contribution in [0, 0.1) is 0 Å². The van der Waals surface area contributed by atoms with Gasteiger partial charge in [-0.1, -0.05) is 5.16 Å². The van der Waals surface area contributed by atoms with Gasteiger partial charge in [0.25, 0.3) is 0 Å². The minimum atomic E-state index is -0.692. The van der Waals surface area contributed by atoms with Crippen molar-refractivity contribution in [1.82, 2.24) is 0 Å². The molecule has 0 saturated carbocycles. The number of ether oxygens (including phenoxy) is 1. The maximum Gasteiger partial charge on any atom is 0.170 e. The summed E-state index contributed by atoms with van der Waals surface area (Å²) in [4.78, 5) is 0. The predicted octanol–water partition coefficient (Wildman–Crippen LogP) is 0.936. The smallest absolute Gasteiger partial charge is 0.170 e. The quantitative estimate of drug-likeness (QED) is 0.279. The van der Waals surface area contributed by atoms with Gasteiger partial charge in [-0.2, -0.15) is 0 Å². The van der Waals surface area contributed by atoms with Crippen molar-refractivity contribution in [2.45, 2.75) is 39.4 Å². The maximum absolute atomic E-state index is 8.37. The third-order valence-electron chi connectivity index (χ3n) is 1.25. The van der Waals surface area contributed by atoms with Gasteiger partial charge in [-0.25, -0.2) is 0 Å². The first-order valence-corrected chi connectivity index (χ1v) is 3.56. The van der Waals surface area contributed by atoms with Crippen molar-refractivity contribution in [1.29, 1.82) is 0 Å². The van der Waals surface area contributed by atoms with E-state index in [0.717, 1.165) is 0 Å². The van der Waals surface area contributed by atoms with E-state index in [1.54, 1.807) is 13.8 Å². The first kappa shape index (κ1) is 10.2. The molecule has 11 heavy (non-hydrogen) atoms. The van der Waals surface area contributed by atoms with Gasteiger partial charge in [-0.3, -0.25) is 0 Å². The van der Waals surface area contributed by atoms with Crippen LogP contribution in [0.5, 0.6) is 0 Å². The van der Waals surface area contributed by atoms with Gasteiger partial charge in [0, 0.05) is 0 Å². The molecule has 0 aliphatic heterocycles. The van der Waals surface area contributed by atoms with E-state index in [9.17, 15) is 0 Å². The second-order valence-corrected chi connectivity index (χ2v) is 3.16.